The van der Waals surface area contributed by atoms with Crippen LogP contribution in [-0.2, 0) is 9.47 Å². The van der Waals surface area contributed by atoms with E-state index in [0.29, 0.717) is 11.3 Å². The number of hydrogen-bond acceptors (Lipinski definition) is 3. The first-order valence-electron chi connectivity index (χ1n) is 10.3. The van der Waals surface area contributed by atoms with E-state index in [9.17, 15) is 0 Å². The smallest absolute Gasteiger partial charge is 0.191 e. The maximum Gasteiger partial charge on any atom is 0.191 e. The molecule has 2 N–H and O–H groups in total. The summed E-state index contributed by atoms with van der Waals surface area (Å²) in [7, 11) is 0. The molecule has 0 aromatic rings. The van der Waals surface area contributed by atoms with E-state index in [2.05, 4.69) is 31.4 Å². The summed E-state index contributed by atoms with van der Waals surface area (Å²) in [4.78, 5) is 4.88. The average molecular weight is 481 g/mol. The molecular weight excluding hydrogens is 441 g/mol. The predicted octanol–water partition coefficient (Wildman–Crippen LogP) is 3.82. The second kappa shape index (κ2) is 13.2. The molecule has 1 aliphatic heterocycles. The van der Waals surface area contributed by atoms with Crippen molar-refractivity contribution in [3.63, 3.8) is 0 Å². The molecule has 0 aromatic heterocycles. The minimum Gasteiger partial charge on any atom is -0.381 e. The summed E-state index contributed by atoms with van der Waals surface area (Å²) in [6, 6.07) is 0. The molecule has 1 heterocycles. The van der Waals surface area contributed by atoms with Crippen LogP contribution in [-0.4, -0.2) is 52.0 Å². The fraction of sp³-hybridized carbons (Fsp3) is 0.950. The van der Waals surface area contributed by atoms with Crippen LogP contribution in [0.1, 0.15) is 59.3 Å². The summed E-state index contributed by atoms with van der Waals surface area (Å²) in [5.74, 6) is 2.32. The van der Waals surface area contributed by atoms with E-state index in [4.69, 9.17) is 14.5 Å². The van der Waals surface area contributed by atoms with Gasteiger partial charge in [0.05, 0.1) is 13.2 Å². The van der Waals surface area contributed by atoms with Crippen molar-refractivity contribution in [3.05, 3.63) is 0 Å². The first-order valence-corrected chi connectivity index (χ1v) is 10.3. The highest BCUT2D eigenvalue weighted by atomic mass is 127. The van der Waals surface area contributed by atoms with E-state index in [-0.39, 0.29) is 24.0 Å². The van der Waals surface area contributed by atoms with Crippen LogP contribution < -0.4 is 10.6 Å². The minimum absolute atomic E-state index is 0. The van der Waals surface area contributed by atoms with E-state index in [1.54, 1.807) is 0 Å². The molecule has 1 saturated carbocycles. The third-order valence-electron chi connectivity index (χ3n) is 5.31. The van der Waals surface area contributed by atoms with Crippen LogP contribution >= 0.6 is 24.0 Å². The Hall–Kier alpha value is -0.0800. The van der Waals surface area contributed by atoms with Gasteiger partial charge in [-0.15, -0.1) is 24.0 Å². The Morgan fingerprint density at radius 3 is 2.69 bits per heavy atom. The third-order valence-corrected chi connectivity index (χ3v) is 5.31. The molecule has 1 atom stereocenters. The van der Waals surface area contributed by atoms with Gasteiger partial charge in [-0.3, -0.25) is 4.99 Å². The van der Waals surface area contributed by atoms with Crippen molar-refractivity contribution in [1.29, 1.82) is 0 Å². The molecular formula is C20H40IN3O2. The first kappa shape index (κ1) is 24.0. The third kappa shape index (κ3) is 8.74. The van der Waals surface area contributed by atoms with Gasteiger partial charge in [0.25, 0.3) is 0 Å². The molecule has 0 bridgehead atoms. The van der Waals surface area contributed by atoms with Gasteiger partial charge in [-0.05, 0) is 50.4 Å². The molecule has 154 valence electrons. The number of ether oxygens (including phenoxy) is 2. The molecule has 26 heavy (non-hydrogen) atoms. The molecule has 0 amide bonds. The summed E-state index contributed by atoms with van der Waals surface area (Å²) in [5, 5.41) is 6.83. The van der Waals surface area contributed by atoms with Crippen molar-refractivity contribution >= 4 is 29.9 Å². The molecule has 1 unspecified atom stereocenters. The molecule has 1 aliphatic carbocycles. The van der Waals surface area contributed by atoms with Crippen LogP contribution in [0.4, 0.5) is 0 Å². The molecule has 2 fully saturated rings. The average Bonchev–Trinajstić information content (AvgIpc) is 3.05. The van der Waals surface area contributed by atoms with Crippen LogP contribution in [0, 0.1) is 17.3 Å². The monoisotopic (exact) mass is 481 g/mol. The van der Waals surface area contributed by atoms with Crippen LogP contribution in [0.25, 0.3) is 0 Å². The maximum atomic E-state index is 5.76. The van der Waals surface area contributed by atoms with Crippen molar-refractivity contribution in [2.45, 2.75) is 59.3 Å². The van der Waals surface area contributed by atoms with Gasteiger partial charge in [0.15, 0.2) is 5.96 Å². The van der Waals surface area contributed by atoms with Crippen LogP contribution in [0.3, 0.4) is 0 Å². The minimum atomic E-state index is 0. The summed E-state index contributed by atoms with van der Waals surface area (Å²) >= 11 is 0. The fourth-order valence-electron chi connectivity index (χ4n) is 3.90. The van der Waals surface area contributed by atoms with Crippen molar-refractivity contribution < 1.29 is 9.47 Å². The van der Waals surface area contributed by atoms with Gasteiger partial charge in [0.2, 0.25) is 0 Å². The van der Waals surface area contributed by atoms with E-state index >= 15 is 0 Å². The first-order chi connectivity index (χ1) is 12.1. The molecule has 2 aliphatic rings. The predicted molar refractivity (Wildman–Crippen MR) is 119 cm³/mol. The topological polar surface area (TPSA) is 54.9 Å². The van der Waals surface area contributed by atoms with Crippen LogP contribution in [0.15, 0.2) is 4.99 Å². The summed E-state index contributed by atoms with van der Waals surface area (Å²) < 4.78 is 11.1. The zero-order valence-electron chi connectivity index (χ0n) is 17.0. The van der Waals surface area contributed by atoms with Crippen LogP contribution in [0.2, 0.25) is 0 Å². The van der Waals surface area contributed by atoms with Crippen molar-refractivity contribution in [2.75, 3.05) is 46.1 Å². The normalized spacial score (nSPS) is 22.0. The van der Waals surface area contributed by atoms with E-state index in [1.807, 2.05) is 0 Å². The fourth-order valence-corrected chi connectivity index (χ4v) is 3.90. The number of rotatable bonds is 11. The van der Waals surface area contributed by atoms with Crippen molar-refractivity contribution in [3.8, 4) is 0 Å². The van der Waals surface area contributed by atoms with Gasteiger partial charge in [-0.2, -0.15) is 0 Å². The van der Waals surface area contributed by atoms with Crippen molar-refractivity contribution in [2.24, 2.45) is 22.2 Å². The molecule has 5 nitrogen and oxygen atoms in total. The van der Waals surface area contributed by atoms with Gasteiger partial charge in [-0.25, -0.2) is 0 Å². The SMILES string of the molecule is CCNC(=NCC1(CC(C)C)CCC1)NCCCOCC1CCOC1.I. The summed E-state index contributed by atoms with van der Waals surface area (Å²) in [6.45, 7) is 13.0. The van der Waals surface area contributed by atoms with E-state index in [0.717, 1.165) is 70.8 Å². The quantitative estimate of drug-likeness (QED) is 0.204. The lowest BCUT2D eigenvalue weighted by atomic mass is 9.64. The van der Waals surface area contributed by atoms with Crippen molar-refractivity contribution in [1.82, 2.24) is 10.6 Å². The molecule has 0 spiro atoms. The Labute approximate surface area is 177 Å². The Kier molecular flexibility index (Phi) is 12.1. The van der Waals surface area contributed by atoms with Gasteiger partial charge >= 0.3 is 0 Å². The molecule has 1 saturated heterocycles. The number of aliphatic imine (C=N–C) groups is 1. The number of hydrogen-bond donors (Lipinski definition) is 2. The highest BCUT2D eigenvalue weighted by molar-refractivity contribution is 14.0. The lowest BCUT2D eigenvalue weighted by Crippen LogP contribution is -2.40. The number of nitrogens with zero attached hydrogens (tertiary/aromatic N) is 1. The summed E-state index contributed by atoms with van der Waals surface area (Å²) in [6.07, 6.45) is 7.51. The largest absolute Gasteiger partial charge is 0.381 e. The second-order valence-corrected chi connectivity index (χ2v) is 8.23. The highest BCUT2D eigenvalue weighted by Crippen LogP contribution is 2.46. The zero-order chi connectivity index (χ0) is 18.0. The number of halogens is 1. The van der Waals surface area contributed by atoms with Crippen LogP contribution in [0.5, 0.6) is 0 Å². The van der Waals surface area contributed by atoms with Gasteiger partial charge in [0.1, 0.15) is 0 Å². The summed E-state index contributed by atoms with van der Waals surface area (Å²) in [5.41, 5.74) is 0.461. The molecule has 6 heteroatoms. The molecule has 2 rings (SSSR count). The van der Waals surface area contributed by atoms with E-state index < -0.39 is 0 Å². The van der Waals surface area contributed by atoms with Gasteiger partial charge in [0, 0.05) is 38.8 Å². The Bertz CT molecular complexity index is 395. The van der Waals surface area contributed by atoms with E-state index in [1.165, 1.54) is 25.7 Å². The second-order valence-electron chi connectivity index (χ2n) is 8.23. The van der Waals surface area contributed by atoms with Gasteiger partial charge in [-0.1, -0.05) is 20.3 Å². The van der Waals surface area contributed by atoms with Gasteiger partial charge < -0.3 is 20.1 Å². The lowest BCUT2D eigenvalue weighted by Gasteiger charge is -2.42. The zero-order valence-corrected chi connectivity index (χ0v) is 19.3. The lowest BCUT2D eigenvalue weighted by molar-refractivity contribution is 0.0887. The standard InChI is InChI=1S/C20H39N3O2.HI/c1-4-21-19(23-16-20(8-5-9-20)13-17(2)3)22-10-6-11-24-14-18-7-12-25-15-18;/h17-18H,4-16H2,1-3H3,(H2,21,22,23);1H. The number of nitrogens with one attached hydrogen (secondary N) is 2. The number of guanidine groups is 1. The Morgan fingerprint density at radius 1 is 1.31 bits per heavy atom. The highest BCUT2D eigenvalue weighted by Gasteiger charge is 2.37. The molecule has 0 radical (unpaired) electrons. The molecule has 0 aromatic carbocycles. The Balaban J connectivity index is 0.00000338. The Morgan fingerprint density at radius 2 is 2.12 bits per heavy atom. The maximum absolute atomic E-state index is 5.76.